The molecule has 2 heterocycles. The Morgan fingerprint density at radius 1 is 0.833 bits per heavy atom. The van der Waals surface area contributed by atoms with Crippen molar-refractivity contribution in [1.82, 2.24) is 9.97 Å². The number of aromatic nitrogens is 2. The van der Waals surface area contributed by atoms with Crippen LogP contribution in [-0.4, -0.2) is 21.8 Å². The predicted molar refractivity (Wildman–Crippen MR) is 113 cm³/mol. The van der Waals surface area contributed by atoms with Gasteiger partial charge in [-0.3, -0.25) is 19.6 Å². The van der Waals surface area contributed by atoms with Crippen LogP contribution >= 0.6 is 0 Å². The second-order valence-electron chi connectivity index (χ2n) is 6.41. The van der Waals surface area contributed by atoms with Gasteiger partial charge >= 0.3 is 0 Å². The van der Waals surface area contributed by atoms with Gasteiger partial charge in [0.15, 0.2) is 0 Å². The fraction of sp³-hybridized carbons (Fsp3) is 0. The van der Waals surface area contributed by atoms with E-state index < -0.39 is 11.8 Å². The van der Waals surface area contributed by atoms with Gasteiger partial charge < -0.3 is 10.6 Å². The summed E-state index contributed by atoms with van der Waals surface area (Å²) in [6.07, 6.45) is 3.05. The highest BCUT2D eigenvalue weighted by atomic mass is 16.2. The van der Waals surface area contributed by atoms with Crippen molar-refractivity contribution in [3.63, 3.8) is 0 Å². The first kappa shape index (κ1) is 18.8. The van der Waals surface area contributed by atoms with E-state index in [1.54, 1.807) is 36.5 Å². The van der Waals surface area contributed by atoms with Crippen molar-refractivity contribution >= 4 is 34.1 Å². The molecule has 0 spiro atoms. The van der Waals surface area contributed by atoms with Crippen molar-refractivity contribution in [2.45, 2.75) is 0 Å². The van der Waals surface area contributed by atoms with Crippen LogP contribution in [0.25, 0.3) is 10.9 Å². The van der Waals surface area contributed by atoms with Gasteiger partial charge in [-0.05, 0) is 42.5 Å². The van der Waals surface area contributed by atoms with Crippen LogP contribution < -0.4 is 10.6 Å². The summed E-state index contributed by atoms with van der Waals surface area (Å²) in [5.41, 5.74) is 2.52. The Hall–Kier alpha value is -4.57. The normalized spacial score (nSPS) is 10.2. The van der Waals surface area contributed by atoms with Crippen LogP contribution in [0, 0.1) is 11.3 Å². The molecule has 0 aliphatic heterocycles. The van der Waals surface area contributed by atoms with E-state index in [-0.39, 0.29) is 11.3 Å². The second-order valence-corrected chi connectivity index (χ2v) is 6.41. The predicted octanol–water partition coefficient (Wildman–Crippen LogP) is 4.01. The molecule has 0 unspecified atom stereocenters. The van der Waals surface area contributed by atoms with Crippen molar-refractivity contribution in [1.29, 1.82) is 5.26 Å². The number of fused-ring (bicyclic) bond motifs is 1. The van der Waals surface area contributed by atoms with Gasteiger partial charge in [0.05, 0.1) is 22.8 Å². The molecule has 7 nitrogen and oxygen atoms in total. The summed E-state index contributed by atoms with van der Waals surface area (Å²) in [4.78, 5) is 33.7. The Morgan fingerprint density at radius 2 is 1.67 bits per heavy atom. The molecule has 4 rings (SSSR count). The zero-order chi connectivity index (χ0) is 20.9. The van der Waals surface area contributed by atoms with E-state index in [2.05, 4.69) is 20.6 Å². The minimum absolute atomic E-state index is 0.0985. The molecule has 0 bridgehead atoms. The smallest absolute Gasteiger partial charge is 0.274 e. The van der Waals surface area contributed by atoms with Crippen LogP contribution in [0.3, 0.4) is 0 Å². The first-order chi connectivity index (χ1) is 14.6. The molecular formula is C23H15N5O2. The summed E-state index contributed by atoms with van der Waals surface area (Å²) in [5, 5.41) is 15.4. The van der Waals surface area contributed by atoms with Gasteiger partial charge in [0.2, 0.25) is 0 Å². The molecular weight excluding hydrogens is 378 g/mol. The van der Waals surface area contributed by atoms with Crippen LogP contribution in [0.4, 0.5) is 11.4 Å². The summed E-state index contributed by atoms with van der Waals surface area (Å²) in [6.45, 7) is 0. The summed E-state index contributed by atoms with van der Waals surface area (Å²) in [7, 11) is 0. The quantitative estimate of drug-likeness (QED) is 0.545. The number of nitrogens with zero attached hydrogens (tertiary/aromatic N) is 3. The number of carbonyl (C=O) groups is 2. The summed E-state index contributed by atoms with van der Waals surface area (Å²) in [5.74, 6) is -0.859. The van der Waals surface area contributed by atoms with E-state index >= 15 is 0 Å². The van der Waals surface area contributed by atoms with Gasteiger partial charge in [-0.1, -0.05) is 24.3 Å². The van der Waals surface area contributed by atoms with E-state index in [0.29, 0.717) is 22.5 Å². The number of pyridine rings is 2. The SMILES string of the molecule is N#Cc1cccc(NC(=O)c2ccnc(C(=O)Nc3cccc4cccnc34)c2)c1. The van der Waals surface area contributed by atoms with E-state index in [1.807, 2.05) is 30.3 Å². The molecule has 2 N–H and O–H groups in total. The average molecular weight is 393 g/mol. The Kier molecular flexibility index (Phi) is 5.14. The molecule has 0 radical (unpaired) electrons. The highest BCUT2D eigenvalue weighted by Gasteiger charge is 2.14. The number of carbonyl (C=O) groups excluding carboxylic acids is 2. The third kappa shape index (κ3) is 3.98. The van der Waals surface area contributed by atoms with E-state index in [4.69, 9.17) is 5.26 Å². The van der Waals surface area contributed by atoms with Crippen LogP contribution in [0.5, 0.6) is 0 Å². The number of nitriles is 1. The summed E-state index contributed by atoms with van der Waals surface area (Å²) in [6, 6.07) is 20.7. The van der Waals surface area contributed by atoms with Gasteiger partial charge in [-0.15, -0.1) is 0 Å². The Bertz CT molecular complexity index is 1300. The van der Waals surface area contributed by atoms with Crippen LogP contribution in [0.1, 0.15) is 26.4 Å². The number of amides is 2. The molecule has 0 fully saturated rings. The first-order valence-corrected chi connectivity index (χ1v) is 9.07. The largest absolute Gasteiger partial charge is 0.322 e. The molecule has 7 heteroatoms. The monoisotopic (exact) mass is 393 g/mol. The average Bonchev–Trinajstić information content (AvgIpc) is 2.79. The number of hydrogen-bond donors (Lipinski definition) is 2. The van der Waals surface area contributed by atoms with Crippen molar-refractivity contribution in [3.8, 4) is 6.07 Å². The lowest BCUT2D eigenvalue weighted by Gasteiger charge is -2.09. The zero-order valence-corrected chi connectivity index (χ0v) is 15.7. The van der Waals surface area contributed by atoms with Crippen molar-refractivity contribution in [3.05, 3.63) is 95.9 Å². The molecule has 0 aliphatic rings. The fourth-order valence-electron chi connectivity index (χ4n) is 2.96. The van der Waals surface area contributed by atoms with E-state index in [1.165, 1.54) is 18.3 Å². The third-order valence-electron chi connectivity index (χ3n) is 4.39. The molecule has 30 heavy (non-hydrogen) atoms. The van der Waals surface area contributed by atoms with Crippen molar-refractivity contribution in [2.24, 2.45) is 0 Å². The molecule has 2 aromatic carbocycles. The third-order valence-corrected chi connectivity index (χ3v) is 4.39. The number of benzene rings is 2. The maximum Gasteiger partial charge on any atom is 0.274 e. The molecule has 0 atom stereocenters. The first-order valence-electron chi connectivity index (χ1n) is 9.07. The number of rotatable bonds is 4. The Balaban J connectivity index is 1.54. The topological polar surface area (TPSA) is 108 Å². The molecule has 0 saturated carbocycles. The highest BCUT2D eigenvalue weighted by molar-refractivity contribution is 6.09. The molecule has 0 saturated heterocycles. The zero-order valence-electron chi connectivity index (χ0n) is 15.7. The van der Waals surface area contributed by atoms with E-state index in [9.17, 15) is 9.59 Å². The minimum Gasteiger partial charge on any atom is -0.322 e. The fourth-order valence-corrected chi connectivity index (χ4v) is 2.96. The standard InChI is InChI=1S/C23H15N5O2/c24-14-15-4-1-7-18(12-15)27-22(29)17-9-11-25-20(13-17)23(30)28-19-8-2-5-16-6-3-10-26-21(16)19/h1-13H,(H,27,29)(H,28,30). The lowest BCUT2D eigenvalue weighted by molar-refractivity contribution is 0.102. The Labute approximate surface area is 172 Å². The van der Waals surface area contributed by atoms with Crippen LogP contribution in [0.2, 0.25) is 0 Å². The van der Waals surface area contributed by atoms with Crippen LogP contribution in [-0.2, 0) is 0 Å². The molecule has 4 aromatic rings. The van der Waals surface area contributed by atoms with Gasteiger partial charge in [-0.2, -0.15) is 5.26 Å². The molecule has 0 aliphatic carbocycles. The molecule has 2 amide bonds. The molecule has 2 aromatic heterocycles. The van der Waals surface area contributed by atoms with Gasteiger partial charge in [-0.25, -0.2) is 0 Å². The van der Waals surface area contributed by atoms with Crippen molar-refractivity contribution < 1.29 is 9.59 Å². The lowest BCUT2D eigenvalue weighted by Crippen LogP contribution is -2.17. The second kappa shape index (κ2) is 8.20. The summed E-state index contributed by atoms with van der Waals surface area (Å²) >= 11 is 0. The molecule has 144 valence electrons. The number of nitrogens with one attached hydrogen (secondary N) is 2. The highest BCUT2D eigenvalue weighted by Crippen LogP contribution is 2.21. The van der Waals surface area contributed by atoms with E-state index in [0.717, 1.165) is 5.39 Å². The van der Waals surface area contributed by atoms with Crippen LogP contribution in [0.15, 0.2) is 79.1 Å². The summed E-state index contributed by atoms with van der Waals surface area (Å²) < 4.78 is 0. The van der Waals surface area contributed by atoms with Gasteiger partial charge in [0.1, 0.15) is 5.69 Å². The van der Waals surface area contributed by atoms with Gasteiger partial charge in [0.25, 0.3) is 11.8 Å². The number of para-hydroxylation sites is 1. The maximum absolute atomic E-state index is 12.7. The maximum atomic E-state index is 12.7. The minimum atomic E-state index is -0.450. The lowest BCUT2D eigenvalue weighted by atomic mass is 10.1. The van der Waals surface area contributed by atoms with Crippen molar-refractivity contribution in [2.75, 3.05) is 10.6 Å². The number of anilines is 2. The Morgan fingerprint density at radius 3 is 2.53 bits per heavy atom. The van der Waals surface area contributed by atoms with Gasteiger partial charge in [0, 0.05) is 29.0 Å². The number of hydrogen-bond acceptors (Lipinski definition) is 5.